The number of amides is 1. The van der Waals surface area contributed by atoms with Crippen LogP contribution in [0.1, 0.15) is 12.5 Å². The SMILES string of the molecule is CCn1c(SCC(=O)Nc2cccc(C#N)c2)nnc1-c1cn(C)nc1-c1cccc(OC)c1. The molecule has 4 rings (SSSR count). The van der Waals surface area contributed by atoms with Gasteiger partial charge in [-0.25, -0.2) is 0 Å². The van der Waals surface area contributed by atoms with Gasteiger partial charge < -0.3 is 14.6 Å². The lowest BCUT2D eigenvalue weighted by Gasteiger charge is -2.08. The average Bonchev–Trinajstić information content (AvgIpc) is 3.45. The van der Waals surface area contributed by atoms with Gasteiger partial charge in [-0.15, -0.1) is 10.2 Å². The molecule has 0 atom stereocenters. The second-order valence-corrected chi connectivity index (χ2v) is 8.32. The number of thioether (sulfide) groups is 1. The van der Waals surface area contributed by atoms with Crippen LogP contribution in [0.3, 0.4) is 0 Å². The Hall–Kier alpha value is -4.10. The van der Waals surface area contributed by atoms with Gasteiger partial charge in [0.1, 0.15) is 11.4 Å². The van der Waals surface area contributed by atoms with Crippen molar-refractivity contribution in [1.29, 1.82) is 5.26 Å². The van der Waals surface area contributed by atoms with Gasteiger partial charge in [-0.2, -0.15) is 10.4 Å². The third-order valence-corrected chi connectivity index (χ3v) is 6.02. The summed E-state index contributed by atoms with van der Waals surface area (Å²) < 4.78 is 9.07. The van der Waals surface area contributed by atoms with Crippen molar-refractivity contribution in [3.05, 3.63) is 60.3 Å². The zero-order valence-electron chi connectivity index (χ0n) is 19.0. The predicted octanol–water partition coefficient (Wildman–Crippen LogP) is 3.98. The van der Waals surface area contributed by atoms with E-state index in [1.807, 2.05) is 49.0 Å². The number of rotatable bonds is 8. The highest BCUT2D eigenvalue weighted by atomic mass is 32.2. The molecule has 2 heterocycles. The van der Waals surface area contributed by atoms with Crippen LogP contribution < -0.4 is 10.1 Å². The summed E-state index contributed by atoms with van der Waals surface area (Å²) in [7, 11) is 3.49. The van der Waals surface area contributed by atoms with Crippen LogP contribution in [0.2, 0.25) is 0 Å². The number of carbonyl (C=O) groups excluding carboxylic acids is 1. The topological polar surface area (TPSA) is 111 Å². The number of nitrogens with one attached hydrogen (secondary N) is 1. The highest BCUT2D eigenvalue weighted by molar-refractivity contribution is 7.99. The quantitative estimate of drug-likeness (QED) is 0.385. The van der Waals surface area contributed by atoms with Crippen LogP contribution in [0.25, 0.3) is 22.6 Å². The van der Waals surface area contributed by atoms with Crippen LogP contribution in [0, 0.1) is 11.3 Å². The van der Waals surface area contributed by atoms with Crippen molar-refractivity contribution in [3.63, 3.8) is 0 Å². The molecule has 0 aliphatic rings. The Morgan fingerprint density at radius 2 is 2.03 bits per heavy atom. The second-order valence-electron chi connectivity index (χ2n) is 7.38. The maximum absolute atomic E-state index is 12.5. The number of carbonyl (C=O) groups is 1. The largest absolute Gasteiger partial charge is 0.497 e. The first kappa shape index (κ1) is 23.1. The molecule has 2 aromatic heterocycles. The molecule has 1 N–H and O–H groups in total. The smallest absolute Gasteiger partial charge is 0.234 e. The number of nitriles is 1. The molecule has 0 spiro atoms. The first-order valence-corrected chi connectivity index (χ1v) is 11.6. The summed E-state index contributed by atoms with van der Waals surface area (Å²) in [5.41, 5.74) is 3.60. The number of benzene rings is 2. The van der Waals surface area contributed by atoms with E-state index in [-0.39, 0.29) is 11.7 Å². The molecule has 0 fully saturated rings. The molecule has 4 aromatic rings. The fourth-order valence-electron chi connectivity index (χ4n) is 3.51. The van der Waals surface area contributed by atoms with Crippen LogP contribution >= 0.6 is 11.8 Å². The lowest BCUT2D eigenvalue weighted by atomic mass is 10.1. The van der Waals surface area contributed by atoms with Gasteiger partial charge in [0.05, 0.1) is 30.1 Å². The molecule has 0 saturated heterocycles. The summed E-state index contributed by atoms with van der Waals surface area (Å²) in [6, 6.07) is 16.6. The van der Waals surface area contributed by atoms with E-state index in [2.05, 4.69) is 26.7 Å². The molecule has 0 saturated carbocycles. The molecule has 0 aliphatic carbocycles. The Morgan fingerprint density at radius 3 is 2.79 bits per heavy atom. The van der Waals surface area contributed by atoms with Crippen LogP contribution in [0.4, 0.5) is 5.69 Å². The van der Waals surface area contributed by atoms with Crippen molar-refractivity contribution >= 4 is 23.4 Å². The zero-order chi connectivity index (χ0) is 24.1. The van der Waals surface area contributed by atoms with Crippen LogP contribution in [-0.4, -0.2) is 43.3 Å². The Balaban J connectivity index is 1.55. The standard InChI is InChI=1S/C24H23N7O2S/c1-4-31-23(20-14-30(2)29-22(20)17-8-6-10-19(12-17)33-3)27-28-24(31)34-15-21(32)26-18-9-5-7-16(11-18)13-25/h5-12,14H,4,15H2,1-3H3,(H,26,32). The highest BCUT2D eigenvalue weighted by Gasteiger charge is 2.21. The van der Waals surface area contributed by atoms with Crippen molar-refractivity contribution < 1.29 is 9.53 Å². The fraction of sp³-hybridized carbons (Fsp3) is 0.208. The van der Waals surface area contributed by atoms with E-state index in [1.54, 1.807) is 36.1 Å². The maximum atomic E-state index is 12.5. The molecule has 0 unspecified atom stereocenters. The molecule has 0 radical (unpaired) electrons. The number of nitrogens with zero attached hydrogens (tertiary/aromatic N) is 6. The van der Waals surface area contributed by atoms with Crippen LogP contribution in [0.15, 0.2) is 59.9 Å². The third kappa shape index (κ3) is 4.94. The van der Waals surface area contributed by atoms with E-state index in [9.17, 15) is 4.79 Å². The first-order valence-electron chi connectivity index (χ1n) is 10.6. The highest BCUT2D eigenvalue weighted by Crippen LogP contribution is 2.33. The minimum absolute atomic E-state index is 0.157. The fourth-order valence-corrected chi connectivity index (χ4v) is 4.31. The number of hydrogen-bond acceptors (Lipinski definition) is 7. The van der Waals surface area contributed by atoms with Gasteiger partial charge in [0, 0.05) is 31.0 Å². The number of hydrogen-bond donors (Lipinski definition) is 1. The Morgan fingerprint density at radius 1 is 1.21 bits per heavy atom. The van der Waals surface area contributed by atoms with Crippen molar-refractivity contribution in [1.82, 2.24) is 24.5 Å². The van der Waals surface area contributed by atoms with Gasteiger partial charge in [-0.3, -0.25) is 9.48 Å². The average molecular weight is 474 g/mol. The monoisotopic (exact) mass is 473 g/mol. The first-order chi connectivity index (χ1) is 16.5. The summed E-state index contributed by atoms with van der Waals surface area (Å²) in [6.07, 6.45) is 1.91. The Bertz CT molecular complexity index is 1370. The van der Waals surface area contributed by atoms with E-state index >= 15 is 0 Å². The molecular formula is C24H23N7O2S. The molecule has 34 heavy (non-hydrogen) atoms. The number of aromatic nitrogens is 5. The van der Waals surface area contributed by atoms with E-state index in [0.717, 1.165) is 22.6 Å². The van der Waals surface area contributed by atoms with E-state index in [4.69, 9.17) is 10.00 Å². The maximum Gasteiger partial charge on any atom is 0.234 e. The molecule has 9 nitrogen and oxygen atoms in total. The molecule has 0 aliphatic heterocycles. The lowest BCUT2D eigenvalue weighted by molar-refractivity contribution is -0.113. The van der Waals surface area contributed by atoms with Crippen LogP contribution in [0.5, 0.6) is 5.75 Å². The summed E-state index contributed by atoms with van der Waals surface area (Å²) in [4.78, 5) is 12.5. The van der Waals surface area contributed by atoms with Crippen molar-refractivity contribution in [2.75, 3.05) is 18.2 Å². The summed E-state index contributed by atoms with van der Waals surface area (Å²) >= 11 is 1.30. The van der Waals surface area contributed by atoms with Crippen LogP contribution in [-0.2, 0) is 18.4 Å². The van der Waals surface area contributed by atoms with Gasteiger partial charge in [0.25, 0.3) is 0 Å². The van der Waals surface area contributed by atoms with Crippen molar-refractivity contribution in [2.45, 2.75) is 18.6 Å². The molecule has 172 valence electrons. The minimum Gasteiger partial charge on any atom is -0.497 e. The summed E-state index contributed by atoms with van der Waals surface area (Å²) in [6.45, 7) is 2.63. The lowest BCUT2D eigenvalue weighted by Crippen LogP contribution is -2.14. The molecule has 10 heteroatoms. The molecule has 2 aromatic carbocycles. The number of aryl methyl sites for hydroxylation is 1. The van der Waals surface area contributed by atoms with Crippen molar-refractivity contribution in [2.24, 2.45) is 7.05 Å². The number of methoxy groups -OCH3 is 1. The summed E-state index contributed by atoms with van der Waals surface area (Å²) in [5.74, 6) is 1.39. The number of anilines is 1. The Labute approximate surface area is 201 Å². The van der Waals surface area contributed by atoms with Gasteiger partial charge in [-0.1, -0.05) is 30.0 Å². The minimum atomic E-state index is -0.189. The van der Waals surface area contributed by atoms with E-state index in [1.165, 1.54) is 11.8 Å². The molecule has 0 bridgehead atoms. The third-order valence-electron chi connectivity index (χ3n) is 5.05. The second kappa shape index (κ2) is 10.2. The van der Waals surface area contributed by atoms with Gasteiger partial charge in [0.15, 0.2) is 11.0 Å². The number of ether oxygens (including phenoxy) is 1. The van der Waals surface area contributed by atoms with E-state index < -0.39 is 0 Å². The van der Waals surface area contributed by atoms with E-state index in [0.29, 0.717) is 28.8 Å². The predicted molar refractivity (Wildman–Crippen MR) is 130 cm³/mol. The molecule has 1 amide bonds. The molecular weight excluding hydrogens is 450 g/mol. The normalized spacial score (nSPS) is 10.6. The zero-order valence-corrected chi connectivity index (χ0v) is 19.8. The van der Waals surface area contributed by atoms with Gasteiger partial charge in [0.2, 0.25) is 5.91 Å². The van der Waals surface area contributed by atoms with Crippen molar-refractivity contribution in [3.8, 4) is 34.5 Å². The Kier molecular flexibility index (Phi) is 6.94. The van der Waals surface area contributed by atoms with Gasteiger partial charge in [-0.05, 0) is 37.3 Å². The summed E-state index contributed by atoms with van der Waals surface area (Å²) in [5, 5.41) is 25.9. The van der Waals surface area contributed by atoms with Gasteiger partial charge >= 0.3 is 0 Å².